The van der Waals surface area contributed by atoms with E-state index in [9.17, 15) is 4.79 Å². The Morgan fingerprint density at radius 1 is 1.35 bits per heavy atom. The third kappa shape index (κ3) is 3.73. The Labute approximate surface area is 120 Å². The average molecular weight is 277 g/mol. The minimum Gasteiger partial charge on any atom is -0.496 e. The zero-order valence-corrected chi connectivity index (χ0v) is 12.2. The Morgan fingerprint density at radius 3 is 2.65 bits per heavy atom. The van der Waals surface area contributed by atoms with Crippen molar-refractivity contribution in [3.05, 3.63) is 29.3 Å². The highest BCUT2D eigenvalue weighted by molar-refractivity contribution is 5.70. The van der Waals surface area contributed by atoms with E-state index in [0.717, 1.165) is 43.5 Å². The first-order valence-electron chi connectivity index (χ1n) is 7.20. The largest absolute Gasteiger partial charge is 0.496 e. The van der Waals surface area contributed by atoms with Gasteiger partial charge in [-0.3, -0.25) is 4.79 Å². The number of aliphatic carboxylic acids is 1. The molecule has 20 heavy (non-hydrogen) atoms. The molecule has 1 aliphatic rings. The van der Waals surface area contributed by atoms with E-state index in [4.69, 9.17) is 9.84 Å². The first-order valence-corrected chi connectivity index (χ1v) is 7.20. The fourth-order valence-electron chi connectivity index (χ4n) is 2.84. The maximum Gasteiger partial charge on any atom is 0.306 e. The maximum atomic E-state index is 10.9. The standard InChI is InChI=1S/C16H23NO3/c1-11-3-8-15(20-2)13(9-11)10-17-14-6-4-12(5-7-14)16(18)19/h3,8-9,12,14,17H,4-7,10H2,1-2H3,(H,18,19). The number of aryl methyl sites for hydroxylation is 1. The van der Waals surface area contributed by atoms with Crippen LogP contribution >= 0.6 is 0 Å². The summed E-state index contributed by atoms with van der Waals surface area (Å²) < 4.78 is 5.37. The number of carbonyl (C=O) groups is 1. The Balaban J connectivity index is 1.87. The Morgan fingerprint density at radius 2 is 2.05 bits per heavy atom. The van der Waals surface area contributed by atoms with Crippen LogP contribution in [-0.4, -0.2) is 24.2 Å². The molecular weight excluding hydrogens is 254 g/mol. The lowest BCUT2D eigenvalue weighted by Gasteiger charge is -2.27. The second-order valence-corrected chi connectivity index (χ2v) is 5.58. The molecule has 1 fully saturated rings. The van der Waals surface area contributed by atoms with Crippen LogP contribution in [0.5, 0.6) is 5.75 Å². The van der Waals surface area contributed by atoms with Crippen LogP contribution in [0.2, 0.25) is 0 Å². The zero-order chi connectivity index (χ0) is 14.5. The Hall–Kier alpha value is -1.55. The van der Waals surface area contributed by atoms with Gasteiger partial charge in [0.15, 0.2) is 0 Å². The molecular formula is C16H23NO3. The van der Waals surface area contributed by atoms with Crippen LogP contribution in [0.4, 0.5) is 0 Å². The minimum absolute atomic E-state index is 0.151. The number of carboxylic acid groups (broad SMARTS) is 1. The normalized spacial score (nSPS) is 22.5. The number of methoxy groups -OCH3 is 1. The summed E-state index contributed by atoms with van der Waals surface area (Å²) in [5.74, 6) is 0.104. The molecule has 0 aliphatic heterocycles. The first-order chi connectivity index (χ1) is 9.60. The smallest absolute Gasteiger partial charge is 0.306 e. The fraction of sp³-hybridized carbons (Fsp3) is 0.562. The van der Waals surface area contributed by atoms with Gasteiger partial charge in [-0.05, 0) is 38.7 Å². The second kappa shape index (κ2) is 6.75. The van der Waals surface area contributed by atoms with Gasteiger partial charge in [0.05, 0.1) is 13.0 Å². The molecule has 0 aromatic heterocycles. The molecule has 4 heteroatoms. The zero-order valence-electron chi connectivity index (χ0n) is 12.2. The number of benzene rings is 1. The molecule has 0 radical (unpaired) electrons. The molecule has 110 valence electrons. The van der Waals surface area contributed by atoms with E-state index in [-0.39, 0.29) is 5.92 Å². The highest BCUT2D eigenvalue weighted by atomic mass is 16.5. The number of nitrogens with one attached hydrogen (secondary N) is 1. The predicted octanol–water partition coefficient (Wildman–Crippen LogP) is 2.74. The molecule has 1 aliphatic carbocycles. The summed E-state index contributed by atoms with van der Waals surface area (Å²) in [6.45, 7) is 2.84. The van der Waals surface area contributed by atoms with Gasteiger partial charge in [0.1, 0.15) is 5.75 Å². The molecule has 2 N–H and O–H groups in total. The van der Waals surface area contributed by atoms with Crippen LogP contribution in [0.1, 0.15) is 36.8 Å². The van der Waals surface area contributed by atoms with E-state index >= 15 is 0 Å². The molecule has 0 bridgehead atoms. The van der Waals surface area contributed by atoms with Gasteiger partial charge in [0.25, 0.3) is 0 Å². The lowest BCUT2D eigenvalue weighted by molar-refractivity contribution is -0.142. The topological polar surface area (TPSA) is 58.6 Å². The number of ether oxygens (including phenoxy) is 1. The molecule has 2 rings (SSSR count). The van der Waals surface area contributed by atoms with Crippen molar-refractivity contribution in [1.29, 1.82) is 0 Å². The van der Waals surface area contributed by atoms with Crippen LogP contribution in [0.15, 0.2) is 18.2 Å². The molecule has 0 atom stereocenters. The number of hydrogen-bond donors (Lipinski definition) is 2. The van der Waals surface area contributed by atoms with Crippen molar-refractivity contribution in [2.24, 2.45) is 5.92 Å². The lowest BCUT2D eigenvalue weighted by Crippen LogP contribution is -2.34. The van der Waals surface area contributed by atoms with Crippen molar-refractivity contribution in [1.82, 2.24) is 5.32 Å². The maximum absolute atomic E-state index is 10.9. The van der Waals surface area contributed by atoms with E-state index in [2.05, 4.69) is 18.3 Å². The fourth-order valence-corrected chi connectivity index (χ4v) is 2.84. The van der Waals surface area contributed by atoms with Crippen LogP contribution in [0, 0.1) is 12.8 Å². The predicted molar refractivity (Wildman–Crippen MR) is 78.0 cm³/mol. The number of carboxylic acids is 1. The van der Waals surface area contributed by atoms with Crippen molar-refractivity contribution >= 4 is 5.97 Å². The highest BCUT2D eigenvalue weighted by Gasteiger charge is 2.25. The monoisotopic (exact) mass is 277 g/mol. The molecule has 1 aromatic rings. The summed E-state index contributed by atoms with van der Waals surface area (Å²) in [6, 6.07) is 6.58. The molecule has 0 spiro atoms. The van der Waals surface area contributed by atoms with Crippen molar-refractivity contribution in [2.75, 3.05) is 7.11 Å². The third-order valence-corrected chi connectivity index (χ3v) is 4.09. The molecule has 0 unspecified atom stereocenters. The van der Waals surface area contributed by atoms with Gasteiger partial charge in [-0.15, -0.1) is 0 Å². The van der Waals surface area contributed by atoms with Gasteiger partial charge >= 0.3 is 5.97 Å². The Bertz CT molecular complexity index is 465. The second-order valence-electron chi connectivity index (χ2n) is 5.58. The van der Waals surface area contributed by atoms with Crippen molar-refractivity contribution < 1.29 is 14.6 Å². The summed E-state index contributed by atoms with van der Waals surface area (Å²) in [5.41, 5.74) is 2.38. The van der Waals surface area contributed by atoms with Crippen LogP contribution in [0.3, 0.4) is 0 Å². The lowest BCUT2D eigenvalue weighted by atomic mass is 9.86. The first kappa shape index (κ1) is 14.9. The molecule has 0 saturated heterocycles. The Kier molecular flexibility index (Phi) is 5.01. The molecule has 1 aromatic carbocycles. The third-order valence-electron chi connectivity index (χ3n) is 4.09. The van der Waals surface area contributed by atoms with Crippen LogP contribution < -0.4 is 10.1 Å². The number of rotatable bonds is 5. The van der Waals surface area contributed by atoms with Gasteiger partial charge < -0.3 is 15.2 Å². The summed E-state index contributed by atoms with van der Waals surface area (Å²) >= 11 is 0. The van der Waals surface area contributed by atoms with Crippen LogP contribution in [0.25, 0.3) is 0 Å². The molecule has 4 nitrogen and oxygen atoms in total. The van der Waals surface area contributed by atoms with E-state index in [1.165, 1.54) is 5.56 Å². The summed E-state index contributed by atoms with van der Waals surface area (Å²) in [6.07, 6.45) is 3.42. The van der Waals surface area contributed by atoms with Crippen molar-refractivity contribution in [3.8, 4) is 5.75 Å². The minimum atomic E-state index is -0.649. The van der Waals surface area contributed by atoms with E-state index in [1.54, 1.807) is 7.11 Å². The van der Waals surface area contributed by atoms with Crippen LogP contribution in [-0.2, 0) is 11.3 Å². The van der Waals surface area contributed by atoms with Gasteiger partial charge in [0.2, 0.25) is 0 Å². The summed E-state index contributed by atoms with van der Waals surface area (Å²) in [7, 11) is 1.69. The van der Waals surface area contributed by atoms with Crippen molar-refractivity contribution in [3.63, 3.8) is 0 Å². The molecule has 0 heterocycles. The van der Waals surface area contributed by atoms with Gasteiger partial charge in [-0.1, -0.05) is 17.7 Å². The van der Waals surface area contributed by atoms with Gasteiger partial charge in [0, 0.05) is 18.2 Å². The van der Waals surface area contributed by atoms with Crippen molar-refractivity contribution in [2.45, 2.75) is 45.2 Å². The van der Waals surface area contributed by atoms with E-state index in [0.29, 0.717) is 6.04 Å². The van der Waals surface area contributed by atoms with E-state index < -0.39 is 5.97 Å². The average Bonchev–Trinajstić information content (AvgIpc) is 2.45. The van der Waals surface area contributed by atoms with Gasteiger partial charge in [-0.2, -0.15) is 0 Å². The molecule has 0 amide bonds. The molecule has 1 saturated carbocycles. The quantitative estimate of drug-likeness (QED) is 0.869. The van der Waals surface area contributed by atoms with Gasteiger partial charge in [-0.25, -0.2) is 0 Å². The SMILES string of the molecule is COc1ccc(C)cc1CNC1CCC(C(=O)O)CC1. The van der Waals surface area contributed by atoms with E-state index in [1.807, 2.05) is 12.1 Å². The summed E-state index contributed by atoms with van der Waals surface area (Å²) in [4.78, 5) is 10.9. The highest BCUT2D eigenvalue weighted by Crippen LogP contribution is 2.25. The number of hydrogen-bond acceptors (Lipinski definition) is 3. The summed E-state index contributed by atoms with van der Waals surface area (Å²) in [5, 5.41) is 12.5.